The minimum Gasteiger partial charge on any atom is -0.430 e. The van der Waals surface area contributed by atoms with E-state index in [2.05, 4.69) is 4.42 Å². The van der Waals surface area contributed by atoms with E-state index in [9.17, 15) is 9.59 Å². The van der Waals surface area contributed by atoms with Crippen LogP contribution in [0.5, 0.6) is 0 Å². The summed E-state index contributed by atoms with van der Waals surface area (Å²) in [6.45, 7) is 3.33. The third-order valence-electron chi connectivity index (χ3n) is 2.55. The van der Waals surface area contributed by atoms with Gasteiger partial charge in [0.05, 0.1) is 17.7 Å². The van der Waals surface area contributed by atoms with Gasteiger partial charge in [0.1, 0.15) is 6.26 Å². The summed E-state index contributed by atoms with van der Waals surface area (Å²) in [6.07, 6.45) is 1.12. The zero-order valence-electron chi connectivity index (χ0n) is 9.56. The molecule has 0 bridgehead atoms. The Morgan fingerprint density at radius 2 is 2.12 bits per heavy atom. The Bertz CT molecular complexity index is 415. The number of carbonyl (C=O) groups is 1. The molecule has 0 spiro atoms. The summed E-state index contributed by atoms with van der Waals surface area (Å²) in [7, 11) is 1.59. The third-order valence-corrected chi connectivity index (χ3v) is 2.55. The maximum absolute atomic E-state index is 11.9. The maximum atomic E-state index is 11.9. The van der Waals surface area contributed by atoms with E-state index in [1.165, 1.54) is 17.0 Å². The van der Waals surface area contributed by atoms with Crippen molar-refractivity contribution in [3.63, 3.8) is 0 Å². The van der Waals surface area contributed by atoms with Gasteiger partial charge >= 0.3 is 5.63 Å². The van der Waals surface area contributed by atoms with Crippen molar-refractivity contribution in [3.05, 3.63) is 34.4 Å². The molecule has 0 saturated carbocycles. The van der Waals surface area contributed by atoms with E-state index >= 15 is 0 Å². The van der Waals surface area contributed by atoms with Gasteiger partial charge in [-0.2, -0.15) is 0 Å². The number of amides is 1. The summed E-state index contributed by atoms with van der Waals surface area (Å²) >= 11 is 0. The molecule has 1 amide bonds. The van der Waals surface area contributed by atoms with Gasteiger partial charge in [0, 0.05) is 13.1 Å². The minimum absolute atomic E-state index is 0.147. The van der Waals surface area contributed by atoms with Gasteiger partial charge in [0.2, 0.25) is 0 Å². The standard InChI is InChI=1S/C11H15NO4/c1-11(2,7-13)12(3)10(15)8-4-5-9(14)16-6-8/h4-6,13H,7H2,1-3H3. The van der Waals surface area contributed by atoms with Crippen LogP contribution in [0.1, 0.15) is 24.2 Å². The summed E-state index contributed by atoms with van der Waals surface area (Å²) < 4.78 is 4.61. The van der Waals surface area contributed by atoms with E-state index in [0.29, 0.717) is 0 Å². The molecule has 0 aliphatic rings. The van der Waals surface area contributed by atoms with Crippen molar-refractivity contribution in [2.24, 2.45) is 0 Å². The molecule has 1 aromatic rings. The fourth-order valence-corrected chi connectivity index (χ4v) is 1.05. The van der Waals surface area contributed by atoms with Crippen LogP contribution < -0.4 is 5.63 Å². The average molecular weight is 225 g/mol. The number of hydrogen-bond donors (Lipinski definition) is 1. The molecule has 1 N–H and O–H groups in total. The zero-order chi connectivity index (χ0) is 12.3. The molecule has 0 saturated heterocycles. The lowest BCUT2D eigenvalue weighted by Gasteiger charge is -2.33. The van der Waals surface area contributed by atoms with E-state index in [4.69, 9.17) is 5.11 Å². The molecule has 0 unspecified atom stereocenters. The Hall–Kier alpha value is -1.62. The predicted molar refractivity (Wildman–Crippen MR) is 58.2 cm³/mol. The molecular formula is C11H15NO4. The summed E-state index contributed by atoms with van der Waals surface area (Å²) in [4.78, 5) is 24.1. The fourth-order valence-electron chi connectivity index (χ4n) is 1.05. The van der Waals surface area contributed by atoms with Gasteiger partial charge in [-0.1, -0.05) is 0 Å². The Morgan fingerprint density at radius 1 is 1.50 bits per heavy atom. The summed E-state index contributed by atoms with van der Waals surface area (Å²) in [5.41, 5.74) is -0.878. The Labute approximate surface area is 93.3 Å². The highest BCUT2D eigenvalue weighted by Gasteiger charge is 2.27. The second kappa shape index (κ2) is 4.49. The minimum atomic E-state index is -0.660. The first kappa shape index (κ1) is 12.4. The van der Waals surface area contributed by atoms with Crippen molar-refractivity contribution in [2.45, 2.75) is 19.4 Å². The topological polar surface area (TPSA) is 70.8 Å². The third kappa shape index (κ3) is 2.49. The van der Waals surface area contributed by atoms with Crippen LogP contribution in [0.15, 0.2) is 27.6 Å². The molecule has 1 rings (SSSR count). The molecular weight excluding hydrogens is 210 g/mol. The van der Waals surface area contributed by atoms with Crippen molar-refractivity contribution < 1.29 is 14.3 Å². The summed E-state index contributed by atoms with van der Waals surface area (Å²) in [6, 6.07) is 2.59. The molecule has 5 nitrogen and oxygen atoms in total. The van der Waals surface area contributed by atoms with E-state index in [1.54, 1.807) is 20.9 Å². The number of aliphatic hydroxyl groups excluding tert-OH is 1. The van der Waals surface area contributed by atoms with Crippen LogP contribution in [-0.4, -0.2) is 35.1 Å². The van der Waals surface area contributed by atoms with Crippen molar-refractivity contribution in [2.75, 3.05) is 13.7 Å². The first-order chi connectivity index (χ1) is 7.38. The highest BCUT2D eigenvalue weighted by Crippen LogP contribution is 2.14. The van der Waals surface area contributed by atoms with Crippen molar-refractivity contribution >= 4 is 5.91 Å². The summed E-state index contributed by atoms with van der Waals surface area (Å²) in [5.74, 6) is -0.303. The van der Waals surface area contributed by atoms with E-state index in [1.807, 2.05) is 0 Å². The number of carbonyl (C=O) groups excluding carboxylic acids is 1. The number of aliphatic hydroxyl groups is 1. The van der Waals surface area contributed by atoms with Crippen LogP contribution in [0.3, 0.4) is 0 Å². The van der Waals surface area contributed by atoms with E-state index in [0.717, 1.165) is 6.26 Å². The lowest BCUT2D eigenvalue weighted by Crippen LogP contribution is -2.47. The van der Waals surface area contributed by atoms with Gasteiger partial charge in [0.25, 0.3) is 5.91 Å². The van der Waals surface area contributed by atoms with Crippen molar-refractivity contribution in [3.8, 4) is 0 Å². The lowest BCUT2D eigenvalue weighted by atomic mass is 10.0. The number of likely N-dealkylation sites (N-methyl/N-ethyl adjacent to an activating group) is 1. The number of hydrogen-bond acceptors (Lipinski definition) is 4. The second-order valence-electron chi connectivity index (χ2n) is 4.18. The Morgan fingerprint density at radius 3 is 2.56 bits per heavy atom. The summed E-state index contributed by atoms with van der Waals surface area (Å²) in [5, 5.41) is 9.14. The second-order valence-corrected chi connectivity index (χ2v) is 4.18. The molecule has 0 aliphatic carbocycles. The van der Waals surface area contributed by atoms with Gasteiger partial charge in [-0.05, 0) is 19.9 Å². The largest absolute Gasteiger partial charge is 0.430 e. The highest BCUT2D eigenvalue weighted by molar-refractivity contribution is 5.94. The first-order valence-electron chi connectivity index (χ1n) is 4.86. The van der Waals surface area contributed by atoms with Gasteiger partial charge in [-0.25, -0.2) is 4.79 Å². The highest BCUT2D eigenvalue weighted by atomic mass is 16.4. The van der Waals surface area contributed by atoms with Crippen LogP contribution >= 0.6 is 0 Å². The van der Waals surface area contributed by atoms with E-state index < -0.39 is 11.2 Å². The van der Waals surface area contributed by atoms with Crippen molar-refractivity contribution in [1.29, 1.82) is 0 Å². The predicted octanol–water partition coefficient (Wildman–Crippen LogP) is 0.483. The molecule has 0 atom stereocenters. The van der Waals surface area contributed by atoms with Gasteiger partial charge in [-0.15, -0.1) is 0 Å². The fraction of sp³-hybridized carbons (Fsp3) is 0.455. The lowest BCUT2D eigenvalue weighted by molar-refractivity contribution is 0.0471. The quantitative estimate of drug-likeness (QED) is 0.812. The van der Waals surface area contributed by atoms with Crippen LogP contribution in [0.2, 0.25) is 0 Å². The monoisotopic (exact) mass is 225 g/mol. The maximum Gasteiger partial charge on any atom is 0.335 e. The molecule has 5 heteroatoms. The zero-order valence-corrected chi connectivity index (χ0v) is 9.56. The molecule has 1 aromatic heterocycles. The van der Waals surface area contributed by atoms with Crippen molar-refractivity contribution in [1.82, 2.24) is 4.90 Å². The van der Waals surface area contributed by atoms with Gasteiger partial charge < -0.3 is 14.4 Å². The molecule has 0 aromatic carbocycles. The number of rotatable bonds is 3. The van der Waals surface area contributed by atoms with Crippen LogP contribution in [-0.2, 0) is 0 Å². The molecule has 88 valence electrons. The molecule has 0 fully saturated rings. The van der Waals surface area contributed by atoms with Gasteiger partial charge in [0.15, 0.2) is 0 Å². The average Bonchev–Trinajstić information content (AvgIpc) is 2.28. The van der Waals surface area contributed by atoms with Crippen LogP contribution in [0, 0.1) is 0 Å². The smallest absolute Gasteiger partial charge is 0.335 e. The SMILES string of the molecule is CN(C(=O)c1ccc(=O)oc1)C(C)(C)CO. The Kier molecular flexibility index (Phi) is 3.49. The number of nitrogens with zero attached hydrogens (tertiary/aromatic N) is 1. The van der Waals surface area contributed by atoms with E-state index in [-0.39, 0.29) is 18.1 Å². The molecule has 0 aliphatic heterocycles. The molecule has 16 heavy (non-hydrogen) atoms. The normalized spacial score (nSPS) is 11.2. The van der Waals surface area contributed by atoms with Crippen LogP contribution in [0.25, 0.3) is 0 Å². The van der Waals surface area contributed by atoms with Crippen LogP contribution in [0.4, 0.5) is 0 Å². The molecule has 1 heterocycles. The first-order valence-corrected chi connectivity index (χ1v) is 4.86. The molecule has 0 radical (unpaired) electrons. The van der Waals surface area contributed by atoms with Gasteiger partial charge in [-0.3, -0.25) is 4.79 Å². The Balaban J connectivity index is 2.94.